The summed E-state index contributed by atoms with van der Waals surface area (Å²) >= 11 is 0. The van der Waals surface area contributed by atoms with Gasteiger partial charge in [-0.05, 0) is 32.6 Å². The maximum Gasteiger partial charge on any atom is 0.323 e. The van der Waals surface area contributed by atoms with Gasteiger partial charge in [-0.2, -0.15) is 0 Å². The number of rotatable bonds is 4. The molecule has 2 unspecified atom stereocenters. The highest BCUT2D eigenvalue weighted by atomic mass is 16.4. The molecule has 0 aromatic rings. The molecule has 0 spiro atoms. The molecular weight excluding hydrogens is 244 g/mol. The zero-order chi connectivity index (χ0) is 14.4. The number of carboxylic acids is 1. The van der Waals surface area contributed by atoms with Crippen molar-refractivity contribution in [3.63, 3.8) is 0 Å². The first-order valence-corrected chi connectivity index (χ1v) is 7.20. The Balaban J connectivity index is 2.61. The van der Waals surface area contributed by atoms with Crippen LogP contribution in [0.2, 0.25) is 0 Å². The Morgan fingerprint density at radius 3 is 2.47 bits per heavy atom. The standard InChI is InChI=1S/C14H26N2O3/c1-10(2)16(9-13(17)18)14(19)15-12-8-6-4-5-7-11(12)3/h10-12H,4-9H2,1-3H3,(H,15,19)(H,17,18). The molecule has 0 aromatic heterocycles. The lowest BCUT2D eigenvalue weighted by molar-refractivity contribution is -0.138. The number of amides is 2. The molecule has 0 bridgehead atoms. The predicted molar refractivity (Wildman–Crippen MR) is 74.0 cm³/mol. The van der Waals surface area contributed by atoms with Gasteiger partial charge in [0.2, 0.25) is 0 Å². The Kier molecular flexibility index (Phi) is 6.12. The Bertz CT molecular complexity index is 318. The fourth-order valence-corrected chi connectivity index (χ4v) is 2.58. The monoisotopic (exact) mass is 270 g/mol. The lowest BCUT2D eigenvalue weighted by atomic mass is 9.97. The minimum Gasteiger partial charge on any atom is -0.480 e. The lowest BCUT2D eigenvalue weighted by Gasteiger charge is -2.30. The molecule has 1 aliphatic rings. The normalized spacial score (nSPS) is 23.8. The molecule has 110 valence electrons. The second-order valence-corrected chi connectivity index (χ2v) is 5.79. The molecule has 5 heteroatoms. The van der Waals surface area contributed by atoms with E-state index in [1.165, 1.54) is 17.7 Å². The third-order valence-electron chi connectivity index (χ3n) is 3.86. The number of hydrogen-bond acceptors (Lipinski definition) is 2. The van der Waals surface area contributed by atoms with E-state index in [0.717, 1.165) is 19.3 Å². The molecule has 0 aliphatic heterocycles. The first kappa shape index (κ1) is 15.8. The number of urea groups is 1. The molecule has 19 heavy (non-hydrogen) atoms. The van der Waals surface area contributed by atoms with Crippen LogP contribution in [-0.4, -0.2) is 40.6 Å². The second kappa shape index (κ2) is 7.36. The summed E-state index contributed by atoms with van der Waals surface area (Å²) in [5, 5.41) is 11.9. The van der Waals surface area contributed by atoms with Crippen molar-refractivity contribution < 1.29 is 14.7 Å². The van der Waals surface area contributed by atoms with Crippen LogP contribution < -0.4 is 5.32 Å². The molecule has 0 radical (unpaired) electrons. The van der Waals surface area contributed by atoms with Crippen LogP contribution in [0.4, 0.5) is 4.79 Å². The van der Waals surface area contributed by atoms with Crippen LogP contribution in [0, 0.1) is 5.92 Å². The van der Waals surface area contributed by atoms with E-state index in [0.29, 0.717) is 5.92 Å². The van der Waals surface area contributed by atoms with Crippen LogP contribution in [0.25, 0.3) is 0 Å². The van der Waals surface area contributed by atoms with E-state index in [9.17, 15) is 9.59 Å². The van der Waals surface area contributed by atoms with Gasteiger partial charge >= 0.3 is 12.0 Å². The lowest BCUT2D eigenvalue weighted by Crippen LogP contribution is -2.50. The quantitative estimate of drug-likeness (QED) is 0.771. The average Bonchev–Trinajstić information content (AvgIpc) is 2.51. The van der Waals surface area contributed by atoms with Gasteiger partial charge in [-0.25, -0.2) is 4.79 Å². The number of nitrogens with zero attached hydrogens (tertiary/aromatic N) is 1. The Morgan fingerprint density at radius 1 is 1.26 bits per heavy atom. The second-order valence-electron chi connectivity index (χ2n) is 5.79. The van der Waals surface area contributed by atoms with Crippen molar-refractivity contribution in [3.05, 3.63) is 0 Å². The van der Waals surface area contributed by atoms with Gasteiger partial charge in [0.1, 0.15) is 6.54 Å². The summed E-state index contributed by atoms with van der Waals surface area (Å²) < 4.78 is 0. The van der Waals surface area contributed by atoms with Crippen molar-refractivity contribution in [2.75, 3.05) is 6.54 Å². The number of hydrogen-bond donors (Lipinski definition) is 2. The summed E-state index contributed by atoms with van der Waals surface area (Å²) in [6, 6.07) is -0.196. The molecule has 5 nitrogen and oxygen atoms in total. The van der Waals surface area contributed by atoms with Crippen molar-refractivity contribution >= 4 is 12.0 Å². The molecule has 0 heterocycles. The van der Waals surface area contributed by atoms with E-state index in [4.69, 9.17) is 5.11 Å². The maximum atomic E-state index is 12.2. The summed E-state index contributed by atoms with van der Waals surface area (Å²) in [5.41, 5.74) is 0. The molecule has 1 saturated carbocycles. The molecule has 1 fully saturated rings. The SMILES string of the molecule is CC1CCCCCC1NC(=O)N(CC(=O)O)C(C)C. The summed E-state index contributed by atoms with van der Waals surface area (Å²) in [6.45, 7) is 5.58. The zero-order valence-corrected chi connectivity index (χ0v) is 12.2. The number of carboxylic acid groups (broad SMARTS) is 1. The average molecular weight is 270 g/mol. The van der Waals surface area contributed by atoms with E-state index in [1.807, 2.05) is 13.8 Å². The molecule has 0 aromatic carbocycles. The van der Waals surface area contributed by atoms with Gasteiger partial charge in [-0.15, -0.1) is 0 Å². The molecule has 1 rings (SSSR count). The number of carbonyl (C=O) groups excluding carboxylic acids is 1. The van der Waals surface area contributed by atoms with Crippen molar-refractivity contribution in [2.24, 2.45) is 5.92 Å². The van der Waals surface area contributed by atoms with Crippen LogP contribution in [-0.2, 0) is 4.79 Å². The van der Waals surface area contributed by atoms with Crippen LogP contribution in [0.1, 0.15) is 52.9 Å². The fraction of sp³-hybridized carbons (Fsp3) is 0.857. The van der Waals surface area contributed by atoms with Gasteiger partial charge in [0.05, 0.1) is 0 Å². The van der Waals surface area contributed by atoms with E-state index < -0.39 is 5.97 Å². The topological polar surface area (TPSA) is 69.6 Å². The molecule has 2 atom stereocenters. The van der Waals surface area contributed by atoms with Crippen molar-refractivity contribution in [2.45, 2.75) is 65.0 Å². The highest BCUT2D eigenvalue weighted by Gasteiger charge is 2.26. The third kappa shape index (κ3) is 5.09. The smallest absolute Gasteiger partial charge is 0.323 e. The summed E-state index contributed by atoms with van der Waals surface area (Å²) in [5.74, 6) is -0.511. The number of aliphatic carboxylic acids is 1. The molecule has 2 amide bonds. The largest absolute Gasteiger partial charge is 0.480 e. The van der Waals surface area contributed by atoms with Gasteiger partial charge in [-0.1, -0.05) is 26.2 Å². The predicted octanol–water partition coefficient (Wildman–Crippen LogP) is 2.46. The molecular formula is C14H26N2O3. The van der Waals surface area contributed by atoms with Crippen LogP contribution in [0.5, 0.6) is 0 Å². The Hall–Kier alpha value is -1.26. The van der Waals surface area contributed by atoms with Gasteiger partial charge in [0.15, 0.2) is 0 Å². The van der Waals surface area contributed by atoms with E-state index in [-0.39, 0.29) is 24.7 Å². The zero-order valence-electron chi connectivity index (χ0n) is 12.2. The van der Waals surface area contributed by atoms with Gasteiger partial charge in [0, 0.05) is 12.1 Å². The van der Waals surface area contributed by atoms with Crippen LogP contribution in [0.3, 0.4) is 0 Å². The first-order chi connectivity index (χ1) is 8.91. The van der Waals surface area contributed by atoms with Crippen molar-refractivity contribution in [3.8, 4) is 0 Å². The Morgan fingerprint density at radius 2 is 1.89 bits per heavy atom. The van der Waals surface area contributed by atoms with Crippen molar-refractivity contribution in [1.82, 2.24) is 10.2 Å². The minimum absolute atomic E-state index is 0.114. The van der Waals surface area contributed by atoms with Crippen LogP contribution in [0.15, 0.2) is 0 Å². The molecule has 1 aliphatic carbocycles. The van der Waals surface area contributed by atoms with E-state index in [1.54, 1.807) is 0 Å². The number of nitrogens with one attached hydrogen (secondary N) is 1. The highest BCUT2D eigenvalue weighted by molar-refractivity contribution is 5.80. The highest BCUT2D eigenvalue weighted by Crippen LogP contribution is 2.23. The minimum atomic E-state index is -0.974. The van der Waals surface area contributed by atoms with E-state index >= 15 is 0 Å². The summed E-state index contributed by atoms with van der Waals surface area (Å²) in [4.78, 5) is 24.4. The van der Waals surface area contributed by atoms with Gasteiger partial charge < -0.3 is 15.3 Å². The van der Waals surface area contributed by atoms with Gasteiger partial charge in [-0.3, -0.25) is 4.79 Å². The van der Waals surface area contributed by atoms with Gasteiger partial charge in [0.25, 0.3) is 0 Å². The maximum absolute atomic E-state index is 12.2. The fourth-order valence-electron chi connectivity index (χ4n) is 2.58. The Labute approximate surface area is 115 Å². The third-order valence-corrected chi connectivity index (χ3v) is 3.86. The van der Waals surface area contributed by atoms with Crippen molar-refractivity contribution in [1.29, 1.82) is 0 Å². The summed E-state index contributed by atoms with van der Waals surface area (Å²) in [6.07, 6.45) is 5.70. The molecule has 2 N–H and O–H groups in total. The summed E-state index contributed by atoms with van der Waals surface area (Å²) in [7, 11) is 0. The number of carbonyl (C=O) groups is 2. The molecule has 0 saturated heterocycles. The van der Waals surface area contributed by atoms with Crippen LogP contribution >= 0.6 is 0 Å². The van der Waals surface area contributed by atoms with E-state index in [2.05, 4.69) is 12.2 Å². The first-order valence-electron chi connectivity index (χ1n) is 7.20.